The molecule has 1 N–H and O–H groups in total. The maximum absolute atomic E-state index is 13.5. The van der Waals surface area contributed by atoms with E-state index in [0.29, 0.717) is 11.3 Å². The molecule has 2 heterocycles. The summed E-state index contributed by atoms with van der Waals surface area (Å²) in [4.78, 5) is 42.5. The molecule has 8 nitrogen and oxygen atoms in total. The SMILES string of the molecule is N#Cc1cccc(Oc2ccc(C(=O)CN3C(=O)NC4(CCC(F)(F)CC4)C3=O)cn2)c1. The molecule has 2 aliphatic rings. The maximum Gasteiger partial charge on any atom is 0.325 e. The highest BCUT2D eigenvalue weighted by Crippen LogP contribution is 2.41. The number of pyridine rings is 1. The molecule has 1 aromatic heterocycles. The first-order chi connectivity index (χ1) is 15.2. The Bertz CT molecular complexity index is 1120. The number of benzene rings is 1. The molecule has 32 heavy (non-hydrogen) atoms. The number of ketones is 1. The van der Waals surface area contributed by atoms with E-state index in [1.807, 2.05) is 6.07 Å². The lowest BCUT2D eigenvalue weighted by Gasteiger charge is -2.34. The number of hydrogen-bond donors (Lipinski definition) is 1. The minimum absolute atomic E-state index is 0.153. The van der Waals surface area contributed by atoms with E-state index < -0.39 is 48.6 Å². The van der Waals surface area contributed by atoms with E-state index in [9.17, 15) is 23.2 Å². The van der Waals surface area contributed by atoms with Crippen molar-refractivity contribution in [1.82, 2.24) is 15.2 Å². The number of nitrogens with zero attached hydrogens (tertiary/aromatic N) is 3. The number of hydrogen-bond acceptors (Lipinski definition) is 6. The first-order valence-corrected chi connectivity index (χ1v) is 9.91. The molecule has 1 aliphatic heterocycles. The molecular weight excluding hydrogens is 422 g/mol. The summed E-state index contributed by atoms with van der Waals surface area (Å²) < 4.78 is 32.5. The average Bonchev–Trinajstić information content (AvgIpc) is 3.01. The number of nitriles is 1. The summed E-state index contributed by atoms with van der Waals surface area (Å²) in [6, 6.07) is 10.6. The van der Waals surface area contributed by atoms with Crippen LogP contribution in [0.25, 0.3) is 0 Å². The van der Waals surface area contributed by atoms with Crippen LogP contribution < -0.4 is 10.1 Å². The quantitative estimate of drug-likeness (QED) is 0.563. The summed E-state index contributed by atoms with van der Waals surface area (Å²) in [5, 5.41) is 11.4. The number of urea groups is 1. The molecule has 0 bridgehead atoms. The van der Waals surface area contributed by atoms with Crippen molar-refractivity contribution in [3.8, 4) is 17.7 Å². The standard InChI is InChI=1S/C22H18F2N4O4/c23-22(24)8-6-21(7-9-22)19(30)28(20(31)27-21)13-17(29)15-4-5-18(26-12-15)32-16-3-1-2-14(10-16)11-25/h1-5,10,12H,6-9,13H2,(H,27,31). The Hall–Kier alpha value is -3.87. The molecule has 10 heteroatoms. The maximum atomic E-state index is 13.5. The number of carbonyl (C=O) groups is 3. The van der Waals surface area contributed by atoms with E-state index in [-0.39, 0.29) is 24.3 Å². The van der Waals surface area contributed by atoms with Gasteiger partial charge in [0.05, 0.1) is 18.2 Å². The third-order valence-electron chi connectivity index (χ3n) is 5.63. The van der Waals surface area contributed by atoms with Gasteiger partial charge in [0.25, 0.3) is 5.91 Å². The lowest BCUT2D eigenvalue weighted by molar-refractivity contribution is -0.135. The van der Waals surface area contributed by atoms with Gasteiger partial charge in [-0.3, -0.25) is 14.5 Å². The minimum atomic E-state index is -2.86. The Morgan fingerprint density at radius 2 is 1.94 bits per heavy atom. The normalized spacial score (nSPS) is 18.8. The third kappa shape index (κ3) is 4.14. The largest absolute Gasteiger partial charge is 0.439 e. The van der Waals surface area contributed by atoms with Gasteiger partial charge in [0.1, 0.15) is 11.3 Å². The van der Waals surface area contributed by atoms with E-state index in [1.54, 1.807) is 18.2 Å². The van der Waals surface area contributed by atoms with Gasteiger partial charge in [-0.1, -0.05) is 6.07 Å². The molecule has 2 fully saturated rings. The van der Waals surface area contributed by atoms with Crippen molar-refractivity contribution in [2.24, 2.45) is 0 Å². The summed E-state index contributed by atoms with van der Waals surface area (Å²) in [5.41, 5.74) is -0.797. The first-order valence-electron chi connectivity index (χ1n) is 9.91. The number of alkyl halides is 2. The number of ether oxygens (including phenoxy) is 1. The molecule has 1 spiro atoms. The summed E-state index contributed by atoms with van der Waals surface area (Å²) in [6.07, 6.45) is -0.0835. The molecule has 1 saturated carbocycles. The lowest BCUT2D eigenvalue weighted by Crippen LogP contribution is -2.51. The number of amides is 3. The predicted octanol–water partition coefficient (Wildman–Crippen LogP) is 3.43. The number of nitrogens with one attached hydrogen (secondary N) is 1. The van der Waals surface area contributed by atoms with Crippen molar-refractivity contribution in [2.75, 3.05) is 6.54 Å². The lowest BCUT2D eigenvalue weighted by atomic mass is 9.80. The Morgan fingerprint density at radius 1 is 1.19 bits per heavy atom. The van der Waals surface area contributed by atoms with Crippen LogP contribution in [0.1, 0.15) is 41.6 Å². The molecule has 1 aliphatic carbocycles. The molecule has 1 aromatic carbocycles. The van der Waals surface area contributed by atoms with E-state index in [0.717, 1.165) is 4.90 Å². The second kappa shape index (κ2) is 8.00. The predicted molar refractivity (Wildman–Crippen MR) is 106 cm³/mol. The van der Waals surface area contributed by atoms with Crippen LogP contribution in [0.4, 0.5) is 13.6 Å². The van der Waals surface area contributed by atoms with Crippen molar-refractivity contribution in [1.29, 1.82) is 5.26 Å². The topological polar surface area (TPSA) is 112 Å². The van der Waals surface area contributed by atoms with Crippen LogP contribution in [0, 0.1) is 11.3 Å². The summed E-state index contributed by atoms with van der Waals surface area (Å²) in [5.74, 6) is -3.45. The van der Waals surface area contributed by atoms with Crippen LogP contribution in [-0.2, 0) is 4.79 Å². The smallest absolute Gasteiger partial charge is 0.325 e. The Balaban J connectivity index is 1.41. The van der Waals surface area contributed by atoms with Gasteiger partial charge < -0.3 is 10.1 Å². The van der Waals surface area contributed by atoms with Crippen LogP contribution >= 0.6 is 0 Å². The molecule has 4 rings (SSSR count). The summed E-state index contributed by atoms with van der Waals surface area (Å²) in [7, 11) is 0. The molecule has 0 radical (unpaired) electrons. The van der Waals surface area contributed by atoms with Gasteiger partial charge in [-0.2, -0.15) is 5.26 Å². The Morgan fingerprint density at radius 3 is 2.59 bits per heavy atom. The van der Waals surface area contributed by atoms with Crippen molar-refractivity contribution < 1.29 is 27.9 Å². The molecule has 2 aromatic rings. The van der Waals surface area contributed by atoms with Gasteiger partial charge in [-0.15, -0.1) is 0 Å². The van der Waals surface area contributed by atoms with E-state index in [4.69, 9.17) is 10.00 Å². The fourth-order valence-corrected chi connectivity index (χ4v) is 3.79. The first kappa shape index (κ1) is 21.4. The highest BCUT2D eigenvalue weighted by molar-refractivity contribution is 6.11. The van der Waals surface area contributed by atoms with E-state index >= 15 is 0 Å². The second-order valence-corrected chi connectivity index (χ2v) is 7.81. The summed E-state index contributed by atoms with van der Waals surface area (Å²) in [6.45, 7) is -0.519. The molecule has 1 saturated heterocycles. The number of imide groups is 1. The van der Waals surface area contributed by atoms with Crippen LogP contribution in [0.3, 0.4) is 0 Å². The van der Waals surface area contributed by atoms with E-state index in [2.05, 4.69) is 10.3 Å². The Labute approximate surface area is 181 Å². The average molecular weight is 440 g/mol. The zero-order valence-corrected chi connectivity index (χ0v) is 16.8. The molecule has 164 valence electrons. The molecule has 3 amide bonds. The van der Waals surface area contributed by atoms with Gasteiger partial charge in [0.15, 0.2) is 5.78 Å². The van der Waals surface area contributed by atoms with Gasteiger partial charge in [0.2, 0.25) is 11.8 Å². The fourth-order valence-electron chi connectivity index (χ4n) is 3.79. The van der Waals surface area contributed by atoms with Gasteiger partial charge in [-0.25, -0.2) is 18.6 Å². The minimum Gasteiger partial charge on any atom is -0.439 e. The van der Waals surface area contributed by atoms with Crippen LogP contribution in [0.15, 0.2) is 42.6 Å². The zero-order chi connectivity index (χ0) is 22.9. The van der Waals surface area contributed by atoms with Crippen LogP contribution in [-0.4, -0.2) is 45.6 Å². The molecule has 0 unspecified atom stereocenters. The zero-order valence-electron chi connectivity index (χ0n) is 16.8. The fraction of sp³-hybridized carbons (Fsp3) is 0.318. The van der Waals surface area contributed by atoms with Gasteiger partial charge >= 0.3 is 6.03 Å². The van der Waals surface area contributed by atoms with Crippen molar-refractivity contribution >= 4 is 17.7 Å². The number of aromatic nitrogens is 1. The van der Waals surface area contributed by atoms with Gasteiger partial charge in [-0.05, 0) is 37.1 Å². The monoisotopic (exact) mass is 440 g/mol. The number of halogens is 2. The van der Waals surface area contributed by atoms with E-state index in [1.165, 1.54) is 24.4 Å². The summed E-state index contributed by atoms with van der Waals surface area (Å²) >= 11 is 0. The van der Waals surface area contributed by atoms with Gasteiger partial charge in [0, 0.05) is 30.7 Å². The Kier molecular flexibility index (Phi) is 5.34. The highest BCUT2D eigenvalue weighted by Gasteiger charge is 2.55. The second-order valence-electron chi connectivity index (χ2n) is 7.81. The number of Topliss-reactive ketones (excluding diaryl/α,β-unsaturated/α-hetero) is 1. The van der Waals surface area contributed by atoms with Crippen molar-refractivity contribution in [2.45, 2.75) is 37.1 Å². The van der Waals surface area contributed by atoms with Crippen LogP contribution in [0.2, 0.25) is 0 Å². The molecular formula is C22H18F2N4O4. The molecule has 0 atom stereocenters. The third-order valence-corrected chi connectivity index (χ3v) is 5.63. The van der Waals surface area contributed by atoms with Crippen LogP contribution in [0.5, 0.6) is 11.6 Å². The number of carbonyl (C=O) groups excluding carboxylic acids is 3. The highest BCUT2D eigenvalue weighted by atomic mass is 19.3. The van der Waals surface area contributed by atoms with Crippen molar-refractivity contribution in [3.05, 3.63) is 53.7 Å². The van der Waals surface area contributed by atoms with Crippen molar-refractivity contribution in [3.63, 3.8) is 0 Å². The number of rotatable bonds is 5.